The lowest BCUT2D eigenvalue weighted by molar-refractivity contribution is 0.593. The van der Waals surface area contributed by atoms with Crippen molar-refractivity contribution in [3.63, 3.8) is 0 Å². The van der Waals surface area contributed by atoms with Crippen LogP contribution in [0.15, 0.2) is 6.20 Å². The van der Waals surface area contributed by atoms with Gasteiger partial charge in [0.25, 0.3) is 0 Å². The first kappa shape index (κ1) is 9.84. The molecule has 0 spiro atoms. The fourth-order valence-corrected chi connectivity index (χ4v) is 2.28. The number of hydrogen-bond acceptors (Lipinski definition) is 2. The minimum atomic E-state index is 0.376. The third-order valence-corrected chi connectivity index (χ3v) is 2.92. The van der Waals surface area contributed by atoms with Gasteiger partial charge >= 0.3 is 0 Å². The monoisotopic (exact) mass is 213 g/mol. The van der Waals surface area contributed by atoms with Crippen molar-refractivity contribution in [2.24, 2.45) is 0 Å². The molecule has 3 nitrogen and oxygen atoms in total. The second-order valence-corrected chi connectivity index (χ2v) is 4.43. The predicted octanol–water partition coefficient (Wildman–Crippen LogP) is 2.72. The van der Waals surface area contributed by atoms with Crippen LogP contribution in [-0.4, -0.2) is 22.6 Å². The van der Waals surface area contributed by atoms with E-state index < -0.39 is 0 Å². The summed E-state index contributed by atoms with van der Waals surface area (Å²) in [5, 5.41) is 0.738. The van der Waals surface area contributed by atoms with Crippen LogP contribution in [0.5, 0.6) is 0 Å². The molecule has 2 heterocycles. The number of anilines is 1. The molecule has 0 N–H and O–H groups in total. The standard InChI is InChI=1S/C10H16ClN3/c1-8(2)14-9(11)7-12-10(14)13-5-3-4-6-13/h7-8H,3-6H2,1-2H3. The number of halogens is 1. The Balaban J connectivity index is 2.32. The average Bonchev–Trinajstić information content (AvgIpc) is 2.70. The molecule has 78 valence electrons. The van der Waals surface area contributed by atoms with Gasteiger partial charge in [-0.05, 0) is 26.7 Å². The Morgan fingerprint density at radius 3 is 2.57 bits per heavy atom. The van der Waals surface area contributed by atoms with Crippen LogP contribution in [0.2, 0.25) is 5.15 Å². The van der Waals surface area contributed by atoms with E-state index in [1.165, 1.54) is 12.8 Å². The van der Waals surface area contributed by atoms with Crippen molar-refractivity contribution in [3.05, 3.63) is 11.3 Å². The minimum absolute atomic E-state index is 0.376. The molecular formula is C10H16ClN3. The van der Waals surface area contributed by atoms with Crippen molar-refractivity contribution in [2.75, 3.05) is 18.0 Å². The average molecular weight is 214 g/mol. The molecule has 0 unspecified atom stereocenters. The van der Waals surface area contributed by atoms with Gasteiger partial charge < -0.3 is 4.90 Å². The van der Waals surface area contributed by atoms with E-state index in [1.807, 2.05) is 0 Å². The first-order valence-electron chi connectivity index (χ1n) is 5.18. The van der Waals surface area contributed by atoms with Crippen molar-refractivity contribution in [3.8, 4) is 0 Å². The summed E-state index contributed by atoms with van der Waals surface area (Å²) >= 11 is 6.09. The number of nitrogens with zero attached hydrogens (tertiary/aromatic N) is 3. The van der Waals surface area contributed by atoms with Crippen LogP contribution in [0.25, 0.3) is 0 Å². The molecule has 0 saturated carbocycles. The molecule has 1 aliphatic heterocycles. The lowest BCUT2D eigenvalue weighted by atomic mass is 10.4. The van der Waals surface area contributed by atoms with Crippen molar-refractivity contribution in [1.82, 2.24) is 9.55 Å². The summed E-state index contributed by atoms with van der Waals surface area (Å²) in [7, 11) is 0. The van der Waals surface area contributed by atoms with E-state index in [0.29, 0.717) is 6.04 Å². The summed E-state index contributed by atoms with van der Waals surface area (Å²) < 4.78 is 2.09. The number of hydrogen-bond donors (Lipinski definition) is 0. The van der Waals surface area contributed by atoms with Crippen LogP contribution in [0.4, 0.5) is 5.95 Å². The molecule has 1 saturated heterocycles. The van der Waals surface area contributed by atoms with Gasteiger partial charge in [-0.3, -0.25) is 4.57 Å². The Hall–Kier alpha value is -0.700. The highest BCUT2D eigenvalue weighted by Gasteiger charge is 2.20. The van der Waals surface area contributed by atoms with Crippen molar-refractivity contribution >= 4 is 17.5 Å². The predicted molar refractivity (Wildman–Crippen MR) is 59.1 cm³/mol. The first-order valence-corrected chi connectivity index (χ1v) is 5.55. The summed E-state index contributed by atoms with van der Waals surface area (Å²) in [5.41, 5.74) is 0. The summed E-state index contributed by atoms with van der Waals surface area (Å²) in [4.78, 5) is 6.69. The van der Waals surface area contributed by atoms with Gasteiger partial charge in [-0.25, -0.2) is 4.98 Å². The molecule has 1 aliphatic rings. The van der Waals surface area contributed by atoms with Gasteiger partial charge in [0.15, 0.2) is 0 Å². The number of rotatable bonds is 2. The Morgan fingerprint density at radius 2 is 2.00 bits per heavy atom. The van der Waals surface area contributed by atoms with Gasteiger partial charge in [-0.1, -0.05) is 11.6 Å². The molecule has 1 aromatic heterocycles. The molecule has 1 fully saturated rings. The van der Waals surface area contributed by atoms with Gasteiger partial charge in [-0.15, -0.1) is 0 Å². The number of imidazole rings is 1. The van der Waals surface area contributed by atoms with Crippen LogP contribution in [0, 0.1) is 0 Å². The number of aromatic nitrogens is 2. The van der Waals surface area contributed by atoms with E-state index in [9.17, 15) is 0 Å². The molecule has 1 aromatic rings. The molecule has 2 rings (SSSR count). The van der Waals surface area contributed by atoms with Gasteiger partial charge in [0.05, 0.1) is 6.20 Å². The summed E-state index contributed by atoms with van der Waals surface area (Å²) in [6.07, 6.45) is 4.28. The molecule has 4 heteroatoms. The zero-order valence-corrected chi connectivity index (χ0v) is 9.46. The second kappa shape index (κ2) is 3.81. The van der Waals surface area contributed by atoms with Gasteiger partial charge in [0.2, 0.25) is 5.95 Å². The van der Waals surface area contributed by atoms with Crippen LogP contribution >= 0.6 is 11.6 Å². The van der Waals surface area contributed by atoms with Crippen LogP contribution in [0.1, 0.15) is 32.7 Å². The Kier molecular flexibility index (Phi) is 2.68. The summed E-state index contributed by atoms with van der Waals surface area (Å²) in [6.45, 7) is 6.49. The highest BCUT2D eigenvalue weighted by molar-refractivity contribution is 6.29. The molecule has 14 heavy (non-hydrogen) atoms. The maximum atomic E-state index is 6.09. The Morgan fingerprint density at radius 1 is 1.36 bits per heavy atom. The van der Waals surface area contributed by atoms with E-state index >= 15 is 0 Å². The molecule has 0 bridgehead atoms. The topological polar surface area (TPSA) is 21.1 Å². The largest absolute Gasteiger partial charge is 0.342 e. The maximum Gasteiger partial charge on any atom is 0.206 e. The van der Waals surface area contributed by atoms with Gasteiger partial charge in [0.1, 0.15) is 5.15 Å². The van der Waals surface area contributed by atoms with E-state index in [-0.39, 0.29) is 0 Å². The molecule has 0 radical (unpaired) electrons. The van der Waals surface area contributed by atoms with E-state index in [4.69, 9.17) is 11.6 Å². The van der Waals surface area contributed by atoms with Crippen molar-refractivity contribution < 1.29 is 0 Å². The first-order chi connectivity index (χ1) is 6.70. The van der Waals surface area contributed by atoms with Crippen molar-refractivity contribution in [1.29, 1.82) is 0 Å². The fraction of sp³-hybridized carbons (Fsp3) is 0.700. The minimum Gasteiger partial charge on any atom is -0.342 e. The summed E-state index contributed by atoms with van der Waals surface area (Å²) in [5.74, 6) is 1.03. The lowest BCUT2D eigenvalue weighted by Crippen LogP contribution is -2.22. The normalized spacial score (nSPS) is 17.0. The zero-order chi connectivity index (χ0) is 10.1. The van der Waals surface area contributed by atoms with Crippen LogP contribution < -0.4 is 4.90 Å². The third kappa shape index (κ3) is 1.61. The maximum absolute atomic E-state index is 6.09. The molecule has 0 aliphatic carbocycles. The lowest BCUT2D eigenvalue weighted by Gasteiger charge is -2.20. The molecule has 0 aromatic carbocycles. The van der Waals surface area contributed by atoms with Crippen LogP contribution in [-0.2, 0) is 0 Å². The zero-order valence-electron chi connectivity index (χ0n) is 8.70. The van der Waals surface area contributed by atoms with E-state index in [0.717, 1.165) is 24.2 Å². The van der Waals surface area contributed by atoms with Crippen molar-refractivity contribution in [2.45, 2.75) is 32.7 Å². The molecule has 0 amide bonds. The smallest absolute Gasteiger partial charge is 0.206 e. The van der Waals surface area contributed by atoms with Gasteiger partial charge in [0, 0.05) is 19.1 Å². The molecule has 0 atom stereocenters. The fourth-order valence-electron chi connectivity index (χ4n) is 1.96. The second-order valence-electron chi connectivity index (χ2n) is 4.04. The van der Waals surface area contributed by atoms with E-state index in [1.54, 1.807) is 6.20 Å². The third-order valence-electron chi connectivity index (χ3n) is 2.64. The highest BCUT2D eigenvalue weighted by atomic mass is 35.5. The SMILES string of the molecule is CC(C)n1c(Cl)cnc1N1CCCC1. The Labute approximate surface area is 89.7 Å². The van der Waals surface area contributed by atoms with Crippen LogP contribution in [0.3, 0.4) is 0 Å². The summed E-state index contributed by atoms with van der Waals surface area (Å²) in [6, 6.07) is 0.376. The van der Waals surface area contributed by atoms with E-state index in [2.05, 4.69) is 28.3 Å². The quantitative estimate of drug-likeness (QED) is 0.753. The van der Waals surface area contributed by atoms with Gasteiger partial charge in [-0.2, -0.15) is 0 Å². The Bertz CT molecular complexity index is 313. The molecular weight excluding hydrogens is 198 g/mol. The highest BCUT2D eigenvalue weighted by Crippen LogP contribution is 2.26.